The fourth-order valence-corrected chi connectivity index (χ4v) is 7.87. The van der Waals surface area contributed by atoms with Crippen LogP contribution in [-0.2, 0) is 28.6 Å². The third kappa shape index (κ3) is 27.7. The summed E-state index contributed by atoms with van der Waals surface area (Å²) in [6, 6.07) is 6.25. The summed E-state index contributed by atoms with van der Waals surface area (Å²) in [6.07, 6.45) is 10.3. The van der Waals surface area contributed by atoms with Crippen LogP contribution in [0.3, 0.4) is 0 Å². The van der Waals surface area contributed by atoms with E-state index in [1.807, 2.05) is 52.3 Å². The number of nitro groups is 1. The van der Waals surface area contributed by atoms with Crippen molar-refractivity contribution in [3.05, 3.63) is 65.4 Å². The van der Waals surface area contributed by atoms with Crippen molar-refractivity contribution in [1.82, 2.24) is 30.9 Å². The van der Waals surface area contributed by atoms with Crippen LogP contribution in [0, 0.1) is 27.9 Å². The van der Waals surface area contributed by atoms with Gasteiger partial charge >= 0.3 is 35.7 Å². The van der Waals surface area contributed by atoms with E-state index >= 15 is 0 Å². The van der Waals surface area contributed by atoms with E-state index in [4.69, 9.17) is 14.2 Å². The van der Waals surface area contributed by atoms with Gasteiger partial charge in [0.15, 0.2) is 0 Å². The van der Waals surface area contributed by atoms with Crippen LogP contribution in [0.25, 0.3) is 0 Å². The number of carbonyl (C=O) groups is 3. The molecule has 1 aliphatic rings. The number of methoxy groups -OCH3 is 2. The van der Waals surface area contributed by atoms with Crippen molar-refractivity contribution in [2.75, 3.05) is 55.0 Å². The molecule has 0 spiro atoms. The van der Waals surface area contributed by atoms with Gasteiger partial charge in [0, 0.05) is 71.9 Å². The summed E-state index contributed by atoms with van der Waals surface area (Å²) >= 11 is 0. The van der Waals surface area contributed by atoms with Crippen LogP contribution < -0.4 is 45.7 Å². The normalized spacial score (nSPS) is 16.1. The maximum absolute atomic E-state index is 12.8. The molecule has 3 amide bonds. The van der Waals surface area contributed by atoms with E-state index in [0.717, 1.165) is 50.8 Å². The Morgan fingerprint density at radius 2 is 1.59 bits per heavy atom. The average molecular weight is 988 g/mol. The predicted octanol–water partition coefficient (Wildman–Crippen LogP) is 5.77. The van der Waals surface area contributed by atoms with Gasteiger partial charge < -0.3 is 44.3 Å². The van der Waals surface area contributed by atoms with Gasteiger partial charge in [-0.2, -0.15) is 5.54 Å². The van der Waals surface area contributed by atoms with E-state index in [1.54, 1.807) is 54.2 Å². The first-order chi connectivity index (χ1) is 31.9. The fourth-order valence-electron chi connectivity index (χ4n) is 7.87. The van der Waals surface area contributed by atoms with Crippen LogP contribution in [0.1, 0.15) is 133 Å². The topological polar surface area (TPSA) is 185 Å². The van der Waals surface area contributed by atoms with Gasteiger partial charge in [-0.15, -0.1) is 11.1 Å². The second-order valence-corrected chi connectivity index (χ2v) is 19.0. The summed E-state index contributed by atoms with van der Waals surface area (Å²) in [4.78, 5) is 63.2. The van der Waals surface area contributed by atoms with Gasteiger partial charge in [-0.05, 0) is 90.6 Å². The Morgan fingerprint density at radius 3 is 1.99 bits per heavy atom. The van der Waals surface area contributed by atoms with E-state index in [-0.39, 0.29) is 102 Å². The van der Waals surface area contributed by atoms with Crippen molar-refractivity contribution < 1.29 is 72.4 Å². The number of carbonyl (C=O) groups excluding carboxylic acids is 4. The number of amides is 3. The van der Waals surface area contributed by atoms with Crippen molar-refractivity contribution in [3.8, 4) is 0 Å². The van der Waals surface area contributed by atoms with E-state index in [9.17, 15) is 33.8 Å². The van der Waals surface area contributed by atoms with Gasteiger partial charge in [0.05, 0.1) is 35.6 Å². The molecule has 392 valence electrons. The fraction of sp³-hybridized carbons (Fsp3) is 0.725. The Morgan fingerprint density at radius 1 is 1.00 bits per heavy atom. The predicted molar refractivity (Wildman–Crippen MR) is 272 cm³/mol. The number of non-ortho nitro benzene ring substituents is 1. The number of likely N-dealkylation sites (tertiary alicyclic amines) is 1. The molecule has 1 heterocycles. The molecule has 69 heavy (non-hydrogen) atoms. The maximum Gasteiger partial charge on any atom is 1.00 e. The molecule has 1 aromatic rings. The summed E-state index contributed by atoms with van der Waals surface area (Å²) in [7, 11) is 8.73. The molecule has 0 aromatic heterocycles. The minimum atomic E-state index is -0.556. The van der Waals surface area contributed by atoms with Gasteiger partial charge in [-0.25, -0.2) is 11.1 Å². The molecule has 0 aliphatic carbocycles. The average Bonchev–Trinajstić information content (AvgIpc) is 3.76. The zero-order valence-electron chi connectivity index (χ0n) is 45.6. The monoisotopic (exact) mass is 988 g/mol. The molecule has 3 N–H and O–H groups in total. The molecular weight excluding hydrogens is 897 g/mol. The van der Waals surface area contributed by atoms with Gasteiger partial charge in [-0.3, -0.25) is 19.7 Å². The smallest absolute Gasteiger partial charge is 0.540 e. The van der Waals surface area contributed by atoms with Crippen LogP contribution in [0.2, 0.25) is 0 Å². The zero-order chi connectivity index (χ0) is 52.7. The molecule has 2 rings (SSSR count). The first-order valence-electron chi connectivity index (χ1n) is 24.1. The summed E-state index contributed by atoms with van der Waals surface area (Å²) in [5.74, 6) is 1.10. The Balaban J connectivity index is -0.000000957. The van der Waals surface area contributed by atoms with Gasteiger partial charge in [0.2, 0.25) is 11.8 Å². The molecule has 16 nitrogen and oxygen atoms in total. The number of benzene rings is 1. The summed E-state index contributed by atoms with van der Waals surface area (Å²) in [5, 5.41) is 17.2. The third-order valence-electron chi connectivity index (χ3n) is 11.7. The number of nitro benzene ring substituents is 1. The van der Waals surface area contributed by atoms with Crippen LogP contribution in [0.15, 0.2) is 49.7 Å². The maximum atomic E-state index is 12.8. The van der Waals surface area contributed by atoms with Crippen LogP contribution >= 0.6 is 0 Å². The van der Waals surface area contributed by atoms with Crippen LogP contribution in [-0.4, -0.2) is 141 Å². The Bertz CT molecular complexity index is 1600. The van der Waals surface area contributed by atoms with E-state index in [1.165, 1.54) is 28.6 Å². The number of halogens is 1. The molecule has 1 fully saturated rings. The zero-order valence-corrected chi connectivity index (χ0v) is 47.6. The van der Waals surface area contributed by atoms with Crippen molar-refractivity contribution in [3.63, 3.8) is 0 Å². The number of hydrogen-bond donors (Lipinski definition) is 3. The molecule has 1 saturated heterocycles. The minimum Gasteiger partial charge on any atom is -0.540 e. The van der Waals surface area contributed by atoms with Crippen molar-refractivity contribution in [2.24, 2.45) is 17.8 Å². The Kier molecular flexibility index (Phi) is 38.7. The molecule has 0 radical (unpaired) electrons. The summed E-state index contributed by atoms with van der Waals surface area (Å²) in [5.41, 5.74) is 1.89. The van der Waals surface area contributed by atoms with E-state index in [0.29, 0.717) is 18.3 Å². The quantitative estimate of drug-likeness (QED) is 0.0269. The molecule has 7 unspecified atom stereocenters. The minimum absolute atomic E-state index is 0. The largest absolute Gasteiger partial charge is 1.00 e. The van der Waals surface area contributed by atoms with Crippen molar-refractivity contribution in [1.29, 1.82) is 0 Å². The van der Waals surface area contributed by atoms with Gasteiger partial charge in [0.25, 0.3) is 5.69 Å². The second kappa shape index (κ2) is 38.3. The Labute approximate surface area is 438 Å². The van der Waals surface area contributed by atoms with E-state index in [2.05, 4.69) is 63.3 Å². The van der Waals surface area contributed by atoms with E-state index < -0.39 is 22.7 Å². The standard InChI is InChI=1S/C22H34N4O4.C15H31NO2.C11H20NO3.C3H6FN.Na/c1-5-25-14-6-7-20(25)21(30-4)15-22(27)24-16(2)19(12-13-23-3)17-8-10-18(11-9-17)26(28)29;1-8-12(5)15(13(9-2)18-7)16(6)14(17)10-11(3)4;1-8(2)9(7-13)12(6)10(14)15-11(3,4)5;1-2-3-5-4;/h5,8-11,16,19-21,23H,1,6-7,12-15H2,2-4H3,(H,24,27);11-13,15H,8-10H2,1-7H3;8-9H,1-6H3;2,5H,1,3H2;/q;;-1;;+1/t16-,19?,20?,21?;;;;/m1..../s1. The first kappa shape index (κ1) is 69.8. The number of likely N-dealkylation sites (N-methyl/N-ethyl adjacent to an activating group) is 2. The van der Waals surface area contributed by atoms with Gasteiger partial charge in [-0.1, -0.05) is 91.6 Å². The number of hydrogen-bond acceptors (Lipinski definition) is 12. The number of nitrogens with one attached hydrogen (secondary N) is 3. The molecule has 0 bridgehead atoms. The third-order valence-corrected chi connectivity index (χ3v) is 11.7. The summed E-state index contributed by atoms with van der Waals surface area (Å²) < 4.78 is 27.0. The molecule has 18 heteroatoms. The van der Waals surface area contributed by atoms with Crippen molar-refractivity contribution in [2.45, 2.75) is 169 Å². The SMILES string of the molecule is C=CCNF.C=CN1CCCC1C(CC(=O)N[C@H](C)C(CCNC)c1ccc([N+](=O)[O-])cc1)OC.CC(C)C([C-]=O)N(C)C(=O)OC(C)(C)C.CCC(C)C(C(CC)OC)N(C)C(=O)CC(C)C.[Na+]. The molecule has 1 aliphatic heterocycles. The Hall–Kier alpha value is -3.45. The van der Waals surface area contributed by atoms with Crippen LogP contribution in [0.5, 0.6) is 0 Å². The summed E-state index contributed by atoms with van der Waals surface area (Å²) in [6.45, 7) is 30.8. The number of nitrogens with zero attached hydrogens (tertiary/aromatic N) is 4. The van der Waals surface area contributed by atoms with Crippen LogP contribution in [0.4, 0.5) is 15.0 Å². The van der Waals surface area contributed by atoms with Gasteiger partial charge in [0.1, 0.15) is 5.60 Å². The number of ether oxygens (including phenoxy) is 3. The number of rotatable bonds is 25. The molecule has 0 saturated carbocycles. The molecular formula is C51H91FN7NaO9. The molecule has 8 atom stereocenters. The van der Waals surface area contributed by atoms with Crippen molar-refractivity contribution >= 4 is 29.9 Å². The first-order valence-corrected chi connectivity index (χ1v) is 24.1. The molecule has 1 aromatic carbocycles. The second-order valence-electron chi connectivity index (χ2n) is 19.0.